The molecule has 0 aliphatic heterocycles. The lowest BCUT2D eigenvalue weighted by molar-refractivity contribution is 0.396. The summed E-state index contributed by atoms with van der Waals surface area (Å²) < 4.78 is 24.7. The van der Waals surface area contributed by atoms with Crippen LogP contribution in [-0.2, 0) is 12.8 Å². The Kier molecular flexibility index (Phi) is 6.67. The van der Waals surface area contributed by atoms with E-state index >= 15 is 0 Å². The first-order chi connectivity index (χ1) is 15.1. The summed E-state index contributed by atoms with van der Waals surface area (Å²) in [6, 6.07) is 2.55. The molecule has 3 aromatic rings. The number of allylic oxidation sites excluding steroid dienone is 4. The lowest BCUT2D eigenvalue weighted by Gasteiger charge is -2.16. The number of hydrogen-bond acceptors (Lipinski definition) is 6. The number of halogens is 1. The number of methoxy groups -OCH3 is 1. The number of pyridine rings is 1. The summed E-state index contributed by atoms with van der Waals surface area (Å²) in [6.45, 7) is 7.64. The molecule has 0 atom stereocenters. The third-order valence-corrected chi connectivity index (χ3v) is 5.06. The van der Waals surface area contributed by atoms with Gasteiger partial charge in [-0.05, 0) is 52.7 Å². The number of ether oxygens (including phenoxy) is 1. The maximum atomic E-state index is 13.4. The molecule has 7 heteroatoms. The van der Waals surface area contributed by atoms with Crippen LogP contribution in [0.15, 0.2) is 50.8 Å². The van der Waals surface area contributed by atoms with Gasteiger partial charge in [-0.3, -0.25) is 4.79 Å². The van der Waals surface area contributed by atoms with Gasteiger partial charge in [0.2, 0.25) is 17.1 Å². The molecule has 0 amide bonds. The summed E-state index contributed by atoms with van der Waals surface area (Å²) in [7, 11) is 1.31. The average Bonchev–Trinajstić information content (AvgIpc) is 2.73. The minimum atomic E-state index is -0.681. The molecule has 0 saturated carbocycles. The van der Waals surface area contributed by atoms with Gasteiger partial charge in [-0.25, -0.2) is 4.98 Å². The first-order valence-electron chi connectivity index (χ1n) is 10.1. The summed E-state index contributed by atoms with van der Waals surface area (Å²) in [5, 5.41) is 21.9. The molecular formula is C25H26FNO5. The van der Waals surface area contributed by atoms with E-state index in [9.17, 15) is 19.4 Å². The molecular weight excluding hydrogens is 413 g/mol. The Morgan fingerprint density at radius 1 is 1.06 bits per heavy atom. The topological polar surface area (TPSA) is 92.8 Å². The van der Waals surface area contributed by atoms with E-state index in [0.717, 1.165) is 17.2 Å². The fourth-order valence-electron chi connectivity index (χ4n) is 3.38. The van der Waals surface area contributed by atoms with E-state index in [-0.39, 0.29) is 52.4 Å². The highest BCUT2D eigenvalue weighted by Crippen LogP contribution is 2.42. The number of phenols is 2. The molecule has 0 fully saturated rings. The van der Waals surface area contributed by atoms with Gasteiger partial charge in [0.25, 0.3) is 0 Å². The predicted octanol–water partition coefficient (Wildman–Crippen LogP) is 5.43. The van der Waals surface area contributed by atoms with Gasteiger partial charge in [0, 0.05) is 22.9 Å². The minimum Gasteiger partial charge on any atom is -0.507 e. The highest BCUT2D eigenvalue weighted by atomic mass is 19.1. The normalized spacial score (nSPS) is 10.8. The lowest BCUT2D eigenvalue weighted by Crippen LogP contribution is -2.10. The number of benzene rings is 1. The second-order valence-electron chi connectivity index (χ2n) is 7.99. The van der Waals surface area contributed by atoms with Crippen molar-refractivity contribution in [2.24, 2.45) is 0 Å². The molecule has 0 aliphatic rings. The van der Waals surface area contributed by atoms with E-state index in [1.165, 1.54) is 19.4 Å². The fourth-order valence-corrected chi connectivity index (χ4v) is 3.38. The van der Waals surface area contributed by atoms with Crippen molar-refractivity contribution < 1.29 is 23.8 Å². The van der Waals surface area contributed by atoms with Crippen molar-refractivity contribution in [1.29, 1.82) is 0 Å². The van der Waals surface area contributed by atoms with E-state index < -0.39 is 11.4 Å². The largest absolute Gasteiger partial charge is 0.507 e. The Balaban J connectivity index is 2.45. The zero-order chi connectivity index (χ0) is 23.6. The molecule has 6 nitrogen and oxygen atoms in total. The van der Waals surface area contributed by atoms with Gasteiger partial charge in [0.15, 0.2) is 5.76 Å². The number of aromatic nitrogens is 1. The van der Waals surface area contributed by atoms with E-state index in [2.05, 4.69) is 4.98 Å². The van der Waals surface area contributed by atoms with Crippen molar-refractivity contribution in [2.45, 2.75) is 40.5 Å². The second-order valence-corrected chi connectivity index (χ2v) is 7.99. The van der Waals surface area contributed by atoms with Gasteiger partial charge in [-0.1, -0.05) is 23.3 Å². The zero-order valence-corrected chi connectivity index (χ0v) is 18.7. The van der Waals surface area contributed by atoms with Gasteiger partial charge >= 0.3 is 0 Å². The Labute approximate surface area is 185 Å². The quantitative estimate of drug-likeness (QED) is 0.393. The molecule has 1 aromatic carbocycles. The molecule has 32 heavy (non-hydrogen) atoms. The molecule has 0 radical (unpaired) electrons. The summed E-state index contributed by atoms with van der Waals surface area (Å²) in [5.41, 5.74) is 2.39. The highest BCUT2D eigenvalue weighted by Gasteiger charge is 2.26. The summed E-state index contributed by atoms with van der Waals surface area (Å²) in [5.74, 6) is -1.28. The summed E-state index contributed by atoms with van der Waals surface area (Å²) in [4.78, 5) is 17.0. The monoisotopic (exact) mass is 439 g/mol. The van der Waals surface area contributed by atoms with Crippen molar-refractivity contribution >= 4 is 11.0 Å². The molecule has 0 saturated heterocycles. The van der Waals surface area contributed by atoms with Gasteiger partial charge in [-0.15, -0.1) is 0 Å². The summed E-state index contributed by atoms with van der Waals surface area (Å²) >= 11 is 0. The smallest absolute Gasteiger partial charge is 0.239 e. The molecule has 2 N–H and O–H groups in total. The Hall–Kier alpha value is -3.61. The van der Waals surface area contributed by atoms with Crippen LogP contribution in [0, 0.1) is 5.95 Å². The van der Waals surface area contributed by atoms with Crippen LogP contribution in [0.2, 0.25) is 0 Å². The molecule has 2 aromatic heterocycles. The number of fused-ring (bicyclic) bond motifs is 1. The molecule has 0 unspecified atom stereocenters. The maximum Gasteiger partial charge on any atom is 0.239 e. The van der Waals surface area contributed by atoms with Crippen molar-refractivity contribution in [3.8, 4) is 28.6 Å². The van der Waals surface area contributed by atoms with Gasteiger partial charge in [0.1, 0.15) is 22.5 Å². The van der Waals surface area contributed by atoms with Crippen molar-refractivity contribution in [1.82, 2.24) is 4.98 Å². The second kappa shape index (κ2) is 9.26. The minimum absolute atomic E-state index is 0.0341. The van der Waals surface area contributed by atoms with Crippen LogP contribution < -0.4 is 10.2 Å². The number of hydrogen-bond donors (Lipinski definition) is 2. The maximum absolute atomic E-state index is 13.4. The summed E-state index contributed by atoms with van der Waals surface area (Å²) in [6.07, 6.45) is 5.48. The van der Waals surface area contributed by atoms with Crippen LogP contribution in [-0.4, -0.2) is 22.3 Å². The standard InChI is InChI=1S/C25H26FNO5/c1-13(2)6-9-16-20(28)17(10-7-14(3)4)24-19(21(16)29)22(30)25(31-5)23(32-24)15-8-11-18(26)27-12-15/h6-8,11-12,28-29H,9-10H2,1-5H3. The number of nitrogens with zero attached hydrogens (tertiary/aromatic N) is 1. The molecule has 2 heterocycles. The van der Waals surface area contributed by atoms with E-state index in [4.69, 9.17) is 9.15 Å². The molecule has 168 valence electrons. The fraction of sp³-hybridized carbons (Fsp3) is 0.280. The number of rotatable bonds is 6. The lowest BCUT2D eigenvalue weighted by atomic mass is 9.96. The molecule has 3 rings (SSSR count). The SMILES string of the molecule is COc1c(-c2ccc(F)nc2)oc2c(CC=C(C)C)c(O)c(CC=C(C)C)c(O)c2c1=O. The Bertz CT molecular complexity index is 1280. The highest BCUT2D eigenvalue weighted by molar-refractivity contribution is 5.93. The molecule has 0 bridgehead atoms. The third-order valence-electron chi connectivity index (χ3n) is 5.06. The van der Waals surface area contributed by atoms with Gasteiger partial charge < -0.3 is 19.4 Å². The van der Waals surface area contributed by atoms with E-state index in [1.54, 1.807) is 0 Å². The predicted molar refractivity (Wildman–Crippen MR) is 122 cm³/mol. The molecule has 0 spiro atoms. The zero-order valence-electron chi connectivity index (χ0n) is 18.7. The number of phenolic OH excluding ortho intramolecular Hbond substituents is 2. The third kappa shape index (κ3) is 4.37. The van der Waals surface area contributed by atoms with E-state index in [0.29, 0.717) is 11.1 Å². The van der Waals surface area contributed by atoms with Crippen molar-refractivity contribution in [3.05, 3.63) is 68.9 Å². The number of aromatic hydroxyl groups is 2. The van der Waals surface area contributed by atoms with Crippen molar-refractivity contribution in [3.63, 3.8) is 0 Å². The average molecular weight is 439 g/mol. The van der Waals surface area contributed by atoms with E-state index in [1.807, 2.05) is 39.8 Å². The van der Waals surface area contributed by atoms with Crippen LogP contribution in [0.5, 0.6) is 17.2 Å². The van der Waals surface area contributed by atoms with Crippen LogP contribution >= 0.6 is 0 Å². The van der Waals surface area contributed by atoms with Crippen LogP contribution in [0.25, 0.3) is 22.3 Å². The first kappa shape index (κ1) is 23.1. The van der Waals surface area contributed by atoms with Crippen molar-refractivity contribution in [2.75, 3.05) is 7.11 Å². The Morgan fingerprint density at radius 3 is 2.22 bits per heavy atom. The molecule has 0 aliphatic carbocycles. The Morgan fingerprint density at radius 2 is 1.69 bits per heavy atom. The van der Waals surface area contributed by atoms with Gasteiger partial charge in [-0.2, -0.15) is 4.39 Å². The first-order valence-corrected chi connectivity index (χ1v) is 10.1. The van der Waals surface area contributed by atoms with Crippen LogP contribution in [0.4, 0.5) is 4.39 Å². The van der Waals surface area contributed by atoms with Crippen LogP contribution in [0.3, 0.4) is 0 Å². The van der Waals surface area contributed by atoms with Crippen LogP contribution in [0.1, 0.15) is 38.8 Å². The van der Waals surface area contributed by atoms with Gasteiger partial charge in [0.05, 0.1) is 7.11 Å².